The minimum Gasteiger partial charge on any atom is -0.343 e. The number of benzene rings is 2. The summed E-state index contributed by atoms with van der Waals surface area (Å²) in [6.07, 6.45) is 2.44. The standard InChI is InChI=1S/C24H32N2O/c1-17-11-9-12-18(2)21(17)23(27)25-22(20-14-7-6-8-15-20)24(4,5)26-16-10-13-19(26)3/h6-9,11-12,14-15,19,22H,10,13,16H2,1-5H3,(H,25,27). The molecule has 0 saturated carbocycles. The van der Waals surface area contributed by atoms with Gasteiger partial charge in [-0.1, -0.05) is 48.5 Å². The molecular weight excluding hydrogens is 332 g/mol. The van der Waals surface area contributed by atoms with Crippen LogP contribution in [0.4, 0.5) is 0 Å². The lowest BCUT2D eigenvalue weighted by Gasteiger charge is -2.45. The minimum absolute atomic E-state index is 0.0133. The van der Waals surface area contributed by atoms with Crippen molar-refractivity contribution >= 4 is 5.91 Å². The first-order valence-electron chi connectivity index (χ1n) is 10.0. The lowest BCUT2D eigenvalue weighted by molar-refractivity contribution is 0.0632. The number of hydrogen-bond donors (Lipinski definition) is 1. The third kappa shape index (κ3) is 3.93. The third-order valence-electron chi connectivity index (χ3n) is 6.12. The van der Waals surface area contributed by atoms with Crippen LogP contribution in [0.5, 0.6) is 0 Å². The van der Waals surface area contributed by atoms with Crippen molar-refractivity contribution < 1.29 is 4.79 Å². The average Bonchev–Trinajstić information content (AvgIpc) is 3.07. The van der Waals surface area contributed by atoms with Crippen LogP contribution in [-0.4, -0.2) is 28.9 Å². The van der Waals surface area contributed by atoms with Gasteiger partial charge in [0.1, 0.15) is 0 Å². The Balaban J connectivity index is 1.97. The van der Waals surface area contributed by atoms with E-state index < -0.39 is 0 Å². The predicted octanol–water partition coefficient (Wildman–Crippen LogP) is 5.04. The van der Waals surface area contributed by atoms with Crippen LogP contribution < -0.4 is 5.32 Å². The first-order valence-corrected chi connectivity index (χ1v) is 10.0. The molecule has 2 aromatic carbocycles. The van der Waals surface area contributed by atoms with Gasteiger partial charge >= 0.3 is 0 Å². The van der Waals surface area contributed by atoms with E-state index in [1.165, 1.54) is 12.8 Å². The molecule has 1 fully saturated rings. The van der Waals surface area contributed by atoms with Crippen molar-refractivity contribution in [1.82, 2.24) is 10.2 Å². The zero-order chi connectivity index (χ0) is 19.6. The normalized spacial score (nSPS) is 19.1. The molecule has 1 saturated heterocycles. The third-order valence-corrected chi connectivity index (χ3v) is 6.12. The monoisotopic (exact) mass is 364 g/mol. The van der Waals surface area contributed by atoms with Crippen molar-refractivity contribution in [1.29, 1.82) is 0 Å². The van der Waals surface area contributed by atoms with Crippen molar-refractivity contribution in [2.45, 2.75) is 65.1 Å². The molecule has 1 amide bonds. The molecule has 27 heavy (non-hydrogen) atoms. The van der Waals surface area contributed by atoms with Crippen LogP contribution in [0.2, 0.25) is 0 Å². The highest BCUT2D eigenvalue weighted by Crippen LogP contribution is 2.36. The van der Waals surface area contributed by atoms with Crippen molar-refractivity contribution in [3.05, 3.63) is 70.8 Å². The Kier molecular flexibility index (Phi) is 5.71. The van der Waals surface area contributed by atoms with E-state index in [1.54, 1.807) is 0 Å². The summed E-state index contributed by atoms with van der Waals surface area (Å²) in [6, 6.07) is 16.9. The summed E-state index contributed by atoms with van der Waals surface area (Å²) in [5.41, 5.74) is 3.81. The van der Waals surface area contributed by atoms with E-state index >= 15 is 0 Å². The molecule has 0 radical (unpaired) electrons. The molecule has 0 bridgehead atoms. The summed E-state index contributed by atoms with van der Waals surface area (Å²) in [4.78, 5) is 15.8. The molecule has 2 unspecified atom stereocenters. The molecule has 1 aliphatic heterocycles. The quantitative estimate of drug-likeness (QED) is 0.806. The highest BCUT2D eigenvalue weighted by molar-refractivity contribution is 5.97. The van der Waals surface area contributed by atoms with Crippen LogP contribution in [0.15, 0.2) is 48.5 Å². The Morgan fingerprint density at radius 3 is 2.26 bits per heavy atom. The zero-order valence-corrected chi connectivity index (χ0v) is 17.3. The highest BCUT2D eigenvalue weighted by Gasteiger charge is 2.41. The Morgan fingerprint density at radius 2 is 1.70 bits per heavy atom. The smallest absolute Gasteiger partial charge is 0.252 e. The van der Waals surface area contributed by atoms with E-state index in [9.17, 15) is 4.79 Å². The first kappa shape index (κ1) is 19.6. The number of likely N-dealkylation sites (tertiary alicyclic amines) is 1. The van der Waals surface area contributed by atoms with Gasteiger partial charge in [0.2, 0.25) is 0 Å². The average molecular weight is 365 g/mol. The number of carbonyl (C=O) groups is 1. The van der Waals surface area contributed by atoms with Gasteiger partial charge in [-0.2, -0.15) is 0 Å². The molecule has 0 spiro atoms. The van der Waals surface area contributed by atoms with Crippen LogP contribution in [0.25, 0.3) is 0 Å². The Hall–Kier alpha value is -2.13. The SMILES string of the molecule is Cc1cccc(C)c1C(=O)NC(c1ccccc1)C(C)(C)N1CCCC1C. The zero-order valence-electron chi connectivity index (χ0n) is 17.3. The first-order chi connectivity index (χ1) is 12.8. The van der Waals surface area contributed by atoms with Gasteiger partial charge in [0.15, 0.2) is 0 Å². The van der Waals surface area contributed by atoms with E-state index in [-0.39, 0.29) is 17.5 Å². The lowest BCUT2D eigenvalue weighted by atomic mass is 9.85. The van der Waals surface area contributed by atoms with Crippen LogP contribution in [0, 0.1) is 13.8 Å². The molecule has 2 atom stereocenters. The van der Waals surface area contributed by atoms with Crippen LogP contribution in [0.1, 0.15) is 66.7 Å². The van der Waals surface area contributed by atoms with Gasteiger partial charge in [0, 0.05) is 17.1 Å². The van der Waals surface area contributed by atoms with E-state index in [4.69, 9.17) is 0 Å². The second-order valence-electron chi connectivity index (χ2n) is 8.42. The van der Waals surface area contributed by atoms with Crippen molar-refractivity contribution in [3.8, 4) is 0 Å². The maximum Gasteiger partial charge on any atom is 0.252 e. The van der Waals surface area contributed by atoms with E-state index in [0.29, 0.717) is 6.04 Å². The maximum atomic E-state index is 13.3. The summed E-state index contributed by atoms with van der Waals surface area (Å²) in [7, 11) is 0. The second kappa shape index (κ2) is 7.85. The molecule has 0 aliphatic carbocycles. The van der Waals surface area contributed by atoms with Gasteiger partial charge < -0.3 is 5.32 Å². The topological polar surface area (TPSA) is 32.3 Å². The van der Waals surface area contributed by atoms with E-state index in [1.807, 2.05) is 38.1 Å². The second-order valence-corrected chi connectivity index (χ2v) is 8.42. The fraction of sp³-hybridized carbons (Fsp3) is 0.458. The van der Waals surface area contributed by atoms with Gasteiger partial charge in [0.05, 0.1) is 6.04 Å². The summed E-state index contributed by atoms with van der Waals surface area (Å²) in [6.45, 7) is 11.9. The summed E-state index contributed by atoms with van der Waals surface area (Å²) >= 11 is 0. The Morgan fingerprint density at radius 1 is 1.07 bits per heavy atom. The highest BCUT2D eigenvalue weighted by atomic mass is 16.1. The van der Waals surface area contributed by atoms with Gasteiger partial charge in [-0.05, 0) is 70.7 Å². The molecule has 2 aromatic rings. The van der Waals surface area contributed by atoms with E-state index in [2.05, 4.69) is 55.3 Å². The predicted molar refractivity (Wildman–Crippen MR) is 112 cm³/mol. The summed E-state index contributed by atoms with van der Waals surface area (Å²) in [5.74, 6) is 0.0133. The molecule has 144 valence electrons. The van der Waals surface area contributed by atoms with E-state index in [0.717, 1.165) is 28.8 Å². The summed E-state index contributed by atoms with van der Waals surface area (Å²) < 4.78 is 0. The lowest BCUT2D eigenvalue weighted by Crippen LogP contribution is -2.55. The molecule has 3 heteroatoms. The number of rotatable bonds is 5. The number of amides is 1. The fourth-order valence-corrected chi connectivity index (χ4v) is 4.64. The molecule has 1 heterocycles. The van der Waals surface area contributed by atoms with Gasteiger partial charge in [-0.15, -0.1) is 0 Å². The molecule has 0 aromatic heterocycles. The number of hydrogen-bond acceptors (Lipinski definition) is 2. The van der Waals surface area contributed by atoms with Crippen LogP contribution in [-0.2, 0) is 0 Å². The van der Waals surface area contributed by atoms with Crippen LogP contribution >= 0.6 is 0 Å². The number of aryl methyl sites for hydroxylation is 2. The number of carbonyl (C=O) groups excluding carboxylic acids is 1. The largest absolute Gasteiger partial charge is 0.343 e. The maximum absolute atomic E-state index is 13.3. The Labute approximate surface area is 163 Å². The number of nitrogens with one attached hydrogen (secondary N) is 1. The Bertz CT molecular complexity index is 777. The molecule has 3 rings (SSSR count). The van der Waals surface area contributed by atoms with Gasteiger partial charge in [-0.25, -0.2) is 0 Å². The van der Waals surface area contributed by atoms with Gasteiger partial charge in [0.25, 0.3) is 5.91 Å². The molecule has 1 N–H and O–H groups in total. The number of nitrogens with zero attached hydrogens (tertiary/aromatic N) is 1. The fourth-order valence-electron chi connectivity index (χ4n) is 4.64. The minimum atomic E-state index is -0.177. The molecule has 3 nitrogen and oxygen atoms in total. The summed E-state index contributed by atoms with van der Waals surface area (Å²) in [5, 5.41) is 3.39. The molecular formula is C24H32N2O. The van der Waals surface area contributed by atoms with Crippen LogP contribution in [0.3, 0.4) is 0 Å². The van der Waals surface area contributed by atoms with Crippen molar-refractivity contribution in [2.24, 2.45) is 0 Å². The van der Waals surface area contributed by atoms with Crippen molar-refractivity contribution in [2.75, 3.05) is 6.54 Å². The van der Waals surface area contributed by atoms with Crippen molar-refractivity contribution in [3.63, 3.8) is 0 Å². The van der Waals surface area contributed by atoms with Gasteiger partial charge in [-0.3, -0.25) is 9.69 Å². The molecule has 1 aliphatic rings.